The predicted octanol–water partition coefficient (Wildman–Crippen LogP) is 8.07. The molecule has 0 aliphatic heterocycles. The molecule has 0 bridgehead atoms. The van der Waals surface area contributed by atoms with Gasteiger partial charge in [0.25, 0.3) is 0 Å². The fourth-order valence-electron chi connectivity index (χ4n) is 4.00. The third kappa shape index (κ3) is 6.86. The van der Waals surface area contributed by atoms with E-state index < -0.39 is 0 Å². The van der Waals surface area contributed by atoms with E-state index in [4.69, 9.17) is 5.11 Å². The molecule has 0 radical (unpaired) electrons. The number of rotatable bonds is 7. The molecule has 4 aromatic carbocycles. The summed E-state index contributed by atoms with van der Waals surface area (Å²) in [6.07, 6.45) is 11.2. The molecule has 0 fully saturated rings. The van der Waals surface area contributed by atoms with Gasteiger partial charge in [-0.15, -0.1) is 5.92 Å². The predicted molar refractivity (Wildman–Crippen MR) is 155 cm³/mol. The quantitative estimate of drug-likeness (QED) is 0.166. The van der Waals surface area contributed by atoms with Crippen molar-refractivity contribution in [2.24, 2.45) is 0 Å². The lowest BCUT2D eigenvalue weighted by Crippen LogP contribution is -1.83. The minimum atomic E-state index is 0.237. The van der Waals surface area contributed by atoms with E-state index in [1.165, 1.54) is 21.9 Å². The Labute approximate surface area is 214 Å². The molecule has 0 aliphatic rings. The smallest absolute Gasteiger partial charge is 0.0431 e. The van der Waals surface area contributed by atoms with Crippen molar-refractivity contribution in [3.63, 3.8) is 0 Å². The number of hydrogen-bond donors (Lipinski definition) is 1. The number of aliphatic hydroxyl groups excluding tert-OH is 1. The molecular weight excluding hydrogens is 436 g/mol. The van der Waals surface area contributed by atoms with E-state index in [1.807, 2.05) is 6.92 Å². The van der Waals surface area contributed by atoms with Gasteiger partial charge in [0, 0.05) is 24.2 Å². The highest BCUT2D eigenvalue weighted by atomic mass is 16.2. The Hall–Kier alpha value is -4.30. The normalized spacial score (nSPS) is 10.8. The molecule has 0 saturated carbocycles. The Morgan fingerprint density at radius 3 is 1.64 bits per heavy atom. The molecule has 0 aromatic heterocycles. The van der Waals surface area contributed by atoms with Crippen LogP contribution in [-0.4, -0.2) is 11.7 Å². The van der Waals surface area contributed by atoms with Crippen LogP contribution >= 0.6 is 0 Å². The fraction of sp³-hybridized carbons (Fsp3) is 0.143. The summed E-state index contributed by atoms with van der Waals surface area (Å²) in [7, 11) is 0. The number of aliphatic hydroxyl groups is 1. The van der Waals surface area contributed by atoms with Crippen molar-refractivity contribution in [2.45, 2.75) is 26.2 Å². The van der Waals surface area contributed by atoms with Gasteiger partial charge in [-0.25, -0.2) is 0 Å². The van der Waals surface area contributed by atoms with Gasteiger partial charge in [-0.3, -0.25) is 0 Å². The summed E-state index contributed by atoms with van der Waals surface area (Å²) in [6, 6.07) is 29.6. The van der Waals surface area contributed by atoms with Crippen LogP contribution in [0.2, 0.25) is 0 Å². The van der Waals surface area contributed by atoms with E-state index >= 15 is 0 Å². The monoisotopic (exact) mass is 466 g/mol. The SMILES string of the molecule is CC#Cc1ccc(/C=C/c2ccc(/C=C/c3ccc(C#CCCCCO)cc3)c3ccccc23)cc1. The van der Waals surface area contributed by atoms with Gasteiger partial charge < -0.3 is 5.11 Å². The van der Waals surface area contributed by atoms with Gasteiger partial charge in [-0.05, 0) is 77.1 Å². The summed E-state index contributed by atoms with van der Waals surface area (Å²) in [4.78, 5) is 0. The van der Waals surface area contributed by atoms with E-state index in [2.05, 4.69) is 133 Å². The minimum absolute atomic E-state index is 0.237. The van der Waals surface area contributed by atoms with Crippen LogP contribution in [0, 0.1) is 23.7 Å². The topological polar surface area (TPSA) is 20.2 Å². The second-order valence-electron chi connectivity index (χ2n) is 8.56. The van der Waals surface area contributed by atoms with Gasteiger partial charge in [-0.1, -0.05) is 103 Å². The lowest BCUT2D eigenvalue weighted by Gasteiger charge is -2.07. The second-order valence-corrected chi connectivity index (χ2v) is 8.56. The zero-order valence-corrected chi connectivity index (χ0v) is 20.7. The molecule has 176 valence electrons. The second kappa shape index (κ2) is 13.0. The summed E-state index contributed by atoms with van der Waals surface area (Å²) in [5, 5.41) is 11.3. The number of fused-ring (bicyclic) bond motifs is 1. The third-order valence-electron chi connectivity index (χ3n) is 5.94. The first-order valence-electron chi connectivity index (χ1n) is 12.4. The molecule has 4 rings (SSSR count). The summed E-state index contributed by atoms with van der Waals surface area (Å²) >= 11 is 0. The Balaban J connectivity index is 1.50. The molecule has 0 amide bonds. The zero-order valence-electron chi connectivity index (χ0n) is 20.7. The van der Waals surface area contributed by atoms with Crippen molar-refractivity contribution < 1.29 is 5.11 Å². The molecule has 36 heavy (non-hydrogen) atoms. The van der Waals surface area contributed by atoms with Crippen molar-refractivity contribution in [3.05, 3.63) is 118 Å². The standard InChI is InChI=1S/C35H30O/c1-2-9-28-13-17-30(18-14-28)21-23-32-25-26-33(35-12-7-6-11-34(32)35)24-22-31-19-15-29(16-20-31)10-5-3-4-8-27-36/h6-7,11-26,36H,3-4,8,27H2,1H3/b23-21+,24-22+. The average Bonchev–Trinajstić information content (AvgIpc) is 2.92. The van der Waals surface area contributed by atoms with Crippen LogP contribution in [0.5, 0.6) is 0 Å². The van der Waals surface area contributed by atoms with Crippen LogP contribution in [0.15, 0.2) is 84.9 Å². The highest BCUT2D eigenvalue weighted by Crippen LogP contribution is 2.26. The molecule has 1 nitrogen and oxygen atoms in total. The number of benzene rings is 4. The van der Waals surface area contributed by atoms with Crippen molar-refractivity contribution in [1.29, 1.82) is 0 Å². The Morgan fingerprint density at radius 1 is 0.611 bits per heavy atom. The van der Waals surface area contributed by atoms with Crippen LogP contribution in [0.1, 0.15) is 59.6 Å². The minimum Gasteiger partial charge on any atom is -0.396 e. The van der Waals surface area contributed by atoms with Gasteiger partial charge in [0.05, 0.1) is 0 Å². The van der Waals surface area contributed by atoms with Crippen molar-refractivity contribution in [2.75, 3.05) is 6.61 Å². The van der Waals surface area contributed by atoms with Crippen LogP contribution < -0.4 is 0 Å². The first-order chi connectivity index (χ1) is 17.8. The van der Waals surface area contributed by atoms with Crippen LogP contribution in [0.25, 0.3) is 35.1 Å². The number of hydrogen-bond acceptors (Lipinski definition) is 1. The summed E-state index contributed by atoms with van der Waals surface area (Å²) in [5.41, 5.74) is 6.74. The van der Waals surface area contributed by atoms with Crippen molar-refractivity contribution in [1.82, 2.24) is 0 Å². The van der Waals surface area contributed by atoms with E-state index in [-0.39, 0.29) is 6.61 Å². The summed E-state index contributed by atoms with van der Waals surface area (Å²) in [5.74, 6) is 12.4. The van der Waals surface area contributed by atoms with Crippen LogP contribution in [-0.2, 0) is 0 Å². The molecule has 4 aromatic rings. The van der Waals surface area contributed by atoms with E-state index in [0.717, 1.165) is 41.5 Å². The van der Waals surface area contributed by atoms with E-state index in [9.17, 15) is 0 Å². The molecule has 0 saturated heterocycles. The molecule has 1 N–H and O–H groups in total. The highest BCUT2D eigenvalue weighted by Gasteiger charge is 2.02. The number of unbranched alkanes of at least 4 members (excludes halogenated alkanes) is 2. The van der Waals surface area contributed by atoms with Gasteiger partial charge >= 0.3 is 0 Å². The van der Waals surface area contributed by atoms with Crippen molar-refractivity contribution in [3.8, 4) is 23.7 Å². The summed E-state index contributed by atoms with van der Waals surface area (Å²) < 4.78 is 0. The van der Waals surface area contributed by atoms with E-state index in [0.29, 0.717) is 0 Å². The zero-order chi connectivity index (χ0) is 25.0. The van der Waals surface area contributed by atoms with Gasteiger partial charge in [0.15, 0.2) is 0 Å². The highest BCUT2D eigenvalue weighted by molar-refractivity contribution is 5.99. The lowest BCUT2D eigenvalue weighted by atomic mass is 9.98. The van der Waals surface area contributed by atoms with Crippen LogP contribution in [0.4, 0.5) is 0 Å². The molecule has 0 unspecified atom stereocenters. The Morgan fingerprint density at radius 2 is 1.14 bits per heavy atom. The van der Waals surface area contributed by atoms with Crippen molar-refractivity contribution >= 4 is 35.1 Å². The molecule has 0 heterocycles. The van der Waals surface area contributed by atoms with Gasteiger partial charge in [0.1, 0.15) is 0 Å². The van der Waals surface area contributed by atoms with E-state index in [1.54, 1.807) is 0 Å². The van der Waals surface area contributed by atoms with Crippen LogP contribution in [0.3, 0.4) is 0 Å². The Bertz CT molecular complexity index is 1480. The fourth-order valence-corrected chi connectivity index (χ4v) is 4.00. The average molecular weight is 467 g/mol. The maximum atomic E-state index is 8.85. The Kier molecular flexibility index (Phi) is 8.94. The first-order valence-corrected chi connectivity index (χ1v) is 12.4. The lowest BCUT2D eigenvalue weighted by molar-refractivity contribution is 0.285. The maximum Gasteiger partial charge on any atom is 0.0431 e. The maximum absolute atomic E-state index is 8.85. The molecule has 0 spiro atoms. The molecule has 0 aliphatic carbocycles. The molecule has 1 heteroatoms. The third-order valence-corrected chi connectivity index (χ3v) is 5.94. The van der Waals surface area contributed by atoms with Gasteiger partial charge in [0.2, 0.25) is 0 Å². The summed E-state index contributed by atoms with van der Waals surface area (Å²) in [6.45, 7) is 2.09. The largest absolute Gasteiger partial charge is 0.396 e. The van der Waals surface area contributed by atoms with Gasteiger partial charge in [-0.2, -0.15) is 0 Å². The molecule has 0 atom stereocenters. The molecular formula is C35H30O. The first kappa shape index (κ1) is 24.8.